The molecule has 0 aromatic carbocycles. The highest BCUT2D eigenvalue weighted by Gasteiger charge is 2.45. The lowest BCUT2D eigenvalue weighted by molar-refractivity contribution is -0.0997. The van der Waals surface area contributed by atoms with Crippen LogP contribution in [-0.2, 0) is 4.74 Å². The largest absolute Gasteiger partial charge is 0.375 e. The van der Waals surface area contributed by atoms with Gasteiger partial charge in [0, 0.05) is 31.8 Å². The molecule has 20 heavy (non-hydrogen) atoms. The Hall–Kier alpha value is -0.120. The van der Waals surface area contributed by atoms with E-state index < -0.39 is 0 Å². The lowest BCUT2D eigenvalue weighted by atomic mass is 9.78. The lowest BCUT2D eigenvalue weighted by Gasteiger charge is -2.42. The van der Waals surface area contributed by atoms with Gasteiger partial charge in [0.2, 0.25) is 0 Å². The maximum absolute atomic E-state index is 6.38. The summed E-state index contributed by atoms with van der Waals surface area (Å²) in [5, 5.41) is 0. The average Bonchev–Trinajstić information content (AvgIpc) is 3.07. The summed E-state index contributed by atoms with van der Waals surface area (Å²) in [5.41, 5.74) is 6.64. The van der Waals surface area contributed by atoms with Crippen LogP contribution < -0.4 is 5.73 Å². The van der Waals surface area contributed by atoms with Gasteiger partial charge in [-0.15, -0.1) is 0 Å². The number of ether oxygens (including phenoxy) is 1. The molecule has 0 aromatic heterocycles. The minimum atomic E-state index is 0.263. The predicted molar refractivity (Wildman–Crippen MR) is 80.6 cm³/mol. The van der Waals surface area contributed by atoms with Gasteiger partial charge in [-0.25, -0.2) is 0 Å². The first-order chi connectivity index (χ1) is 9.76. The van der Waals surface area contributed by atoms with Crippen LogP contribution in [0.25, 0.3) is 0 Å². The van der Waals surface area contributed by atoms with Crippen molar-refractivity contribution in [2.45, 2.75) is 75.5 Å². The highest BCUT2D eigenvalue weighted by molar-refractivity contribution is 4.99. The van der Waals surface area contributed by atoms with Crippen LogP contribution in [0.5, 0.6) is 0 Å². The minimum Gasteiger partial charge on any atom is -0.375 e. The van der Waals surface area contributed by atoms with Crippen molar-refractivity contribution in [3.05, 3.63) is 0 Å². The summed E-state index contributed by atoms with van der Waals surface area (Å²) in [7, 11) is 0. The molecule has 4 unspecified atom stereocenters. The molecule has 4 atom stereocenters. The van der Waals surface area contributed by atoms with Crippen molar-refractivity contribution in [3.63, 3.8) is 0 Å². The van der Waals surface area contributed by atoms with Crippen LogP contribution in [0.1, 0.15) is 57.8 Å². The van der Waals surface area contributed by atoms with Gasteiger partial charge < -0.3 is 10.5 Å². The van der Waals surface area contributed by atoms with Crippen molar-refractivity contribution in [2.75, 3.05) is 19.7 Å². The molecule has 2 saturated heterocycles. The van der Waals surface area contributed by atoms with Crippen LogP contribution in [0.3, 0.4) is 0 Å². The maximum atomic E-state index is 6.38. The van der Waals surface area contributed by atoms with E-state index in [0.717, 1.165) is 24.5 Å². The van der Waals surface area contributed by atoms with Crippen molar-refractivity contribution >= 4 is 0 Å². The fourth-order valence-corrected chi connectivity index (χ4v) is 5.53. The molecule has 0 amide bonds. The summed E-state index contributed by atoms with van der Waals surface area (Å²) < 4.78 is 6.20. The third-order valence-corrected chi connectivity index (χ3v) is 6.68. The van der Waals surface area contributed by atoms with Gasteiger partial charge >= 0.3 is 0 Å². The molecule has 2 N–H and O–H groups in total. The molecular weight excluding hydrogens is 248 g/mol. The molecule has 4 aliphatic rings. The molecule has 3 nitrogen and oxygen atoms in total. The minimum absolute atomic E-state index is 0.263. The molecule has 4 rings (SSSR count). The van der Waals surface area contributed by atoms with Crippen LogP contribution in [-0.4, -0.2) is 42.3 Å². The highest BCUT2D eigenvalue weighted by atomic mass is 16.5. The number of hydrogen-bond donors (Lipinski definition) is 1. The zero-order valence-corrected chi connectivity index (χ0v) is 12.7. The Morgan fingerprint density at radius 2 is 1.85 bits per heavy atom. The van der Waals surface area contributed by atoms with Crippen molar-refractivity contribution < 1.29 is 4.74 Å². The topological polar surface area (TPSA) is 38.5 Å². The van der Waals surface area contributed by atoms with Crippen LogP contribution in [0.15, 0.2) is 0 Å². The number of nitrogens with zero attached hydrogens (tertiary/aromatic N) is 1. The van der Waals surface area contributed by atoms with Crippen molar-refractivity contribution in [2.24, 2.45) is 17.6 Å². The second-order valence-electron chi connectivity index (χ2n) is 7.86. The molecule has 0 aromatic rings. The number of likely N-dealkylation sites (tertiary alicyclic amines) is 1. The number of fused-ring (bicyclic) bond motifs is 1. The second-order valence-corrected chi connectivity index (χ2v) is 7.86. The monoisotopic (exact) mass is 278 g/mol. The second kappa shape index (κ2) is 5.26. The molecule has 2 aliphatic heterocycles. The Bertz CT molecular complexity index is 353. The Morgan fingerprint density at radius 1 is 1.00 bits per heavy atom. The van der Waals surface area contributed by atoms with Gasteiger partial charge in [-0.1, -0.05) is 19.3 Å². The van der Waals surface area contributed by atoms with E-state index in [2.05, 4.69) is 4.90 Å². The number of hydrogen-bond acceptors (Lipinski definition) is 3. The van der Waals surface area contributed by atoms with Gasteiger partial charge in [0.1, 0.15) is 0 Å². The standard InChI is InChI=1S/C17H30N2O/c18-16-5-3-4-13-11-19(12-15(13)16)14-6-9-20-17(10-14)7-1-2-8-17/h13-16H,1-12,18H2. The van der Waals surface area contributed by atoms with Crippen LogP contribution in [0.4, 0.5) is 0 Å². The molecule has 3 heteroatoms. The van der Waals surface area contributed by atoms with E-state index in [1.807, 2.05) is 0 Å². The van der Waals surface area contributed by atoms with Crippen molar-refractivity contribution in [3.8, 4) is 0 Å². The summed E-state index contributed by atoms with van der Waals surface area (Å²) in [6, 6.07) is 1.25. The number of rotatable bonds is 1. The number of nitrogens with two attached hydrogens (primary N) is 1. The van der Waals surface area contributed by atoms with Crippen molar-refractivity contribution in [1.29, 1.82) is 0 Å². The van der Waals surface area contributed by atoms with E-state index in [1.165, 1.54) is 70.9 Å². The maximum Gasteiger partial charge on any atom is 0.0697 e. The van der Waals surface area contributed by atoms with Gasteiger partial charge in [-0.05, 0) is 50.4 Å². The van der Waals surface area contributed by atoms with E-state index >= 15 is 0 Å². The zero-order chi connectivity index (χ0) is 13.6. The molecule has 1 spiro atoms. The third-order valence-electron chi connectivity index (χ3n) is 6.68. The normalized spacial score (nSPS) is 44.9. The Labute approximate surface area is 123 Å². The zero-order valence-electron chi connectivity index (χ0n) is 12.7. The first-order valence-electron chi connectivity index (χ1n) is 8.89. The van der Waals surface area contributed by atoms with Gasteiger partial charge in [0.05, 0.1) is 5.60 Å². The summed E-state index contributed by atoms with van der Waals surface area (Å²) >= 11 is 0. The van der Waals surface area contributed by atoms with E-state index in [4.69, 9.17) is 10.5 Å². The van der Waals surface area contributed by atoms with E-state index in [0.29, 0.717) is 6.04 Å². The van der Waals surface area contributed by atoms with E-state index in [9.17, 15) is 0 Å². The quantitative estimate of drug-likeness (QED) is 0.801. The molecule has 0 bridgehead atoms. The SMILES string of the molecule is NC1CCCC2CN(C3CCOC4(CCCC4)C3)CC12. The molecule has 2 heterocycles. The molecular formula is C17H30N2O. The predicted octanol–water partition coefficient (Wildman–Crippen LogP) is 2.54. The summed E-state index contributed by atoms with van der Waals surface area (Å²) in [4.78, 5) is 2.79. The summed E-state index contributed by atoms with van der Waals surface area (Å²) in [5.74, 6) is 1.67. The van der Waals surface area contributed by atoms with Gasteiger partial charge in [0.25, 0.3) is 0 Å². The first-order valence-corrected chi connectivity index (χ1v) is 8.89. The van der Waals surface area contributed by atoms with Crippen LogP contribution in [0, 0.1) is 11.8 Å². The van der Waals surface area contributed by atoms with Crippen molar-refractivity contribution in [1.82, 2.24) is 4.90 Å². The molecule has 2 aliphatic carbocycles. The Balaban J connectivity index is 1.43. The Morgan fingerprint density at radius 3 is 2.65 bits per heavy atom. The highest BCUT2D eigenvalue weighted by Crippen LogP contribution is 2.43. The van der Waals surface area contributed by atoms with Gasteiger partial charge in [0.15, 0.2) is 0 Å². The average molecular weight is 278 g/mol. The van der Waals surface area contributed by atoms with Crippen LogP contribution >= 0.6 is 0 Å². The molecule has 2 saturated carbocycles. The molecule has 4 fully saturated rings. The smallest absolute Gasteiger partial charge is 0.0697 e. The lowest BCUT2D eigenvalue weighted by Crippen LogP contribution is -2.47. The van der Waals surface area contributed by atoms with Gasteiger partial charge in [-0.2, -0.15) is 0 Å². The third kappa shape index (κ3) is 2.32. The van der Waals surface area contributed by atoms with Crippen LogP contribution in [0.2, 0.25) is 0 Å². The summed E-state index contributed by atoms with van der Waals surface area (Å²) in [6.07, 6.45) is 11.9. The fourth-order valence-electron chi connectivity index (χ4n) is 5.53. The summed E-state index contributed by atoms with van der Waals surface area (Å²) in [6.45, 7) is 3.58. The van der Waals surface area contributed by atoms with Gasteiger partial charge in [-0.3, -0.25) is 4.90 Å². The Kier molecular flexibility index (Phi) is 3.56. The van der Waals surface area contributed by atoms with E-state index in [1.54, 1.807) is 0 Å². The fraction of sp³-hybridized carbons (Fsp3) is 1.00. The first kappa shape index (κ1) is 13.5. The molecule has 114 valence electrons. The molecule has 0 radical (unpaired) electrons. The van der Waals surface area contributed by atoms with E-state index in [-0.39, 0.29) is 5.60 Å².